The molecular formula is C12H19N3O5. The van der Waals surface area contributed by atoms with E-state index < -0.39 is 24.0 Å². The van der Waals surface area contributed by atoms with E-state index in [1.807, 2.05) is 0 Å². The molecule has 0 amide bonds. The third kappa shape index (κ3) is 3.54. The summed E-state index contributed by atoms with van der Waals surface area (Å²) in [6.45, 7) is 4.02. The number of anilines is 1. The number of nitrogens with two attached hydrogens (primary N) is 1. The molecule has 0 radical (unpaired) electrons. The Kier molecular flexibility index (Phi) is 4.39. The summed E-state index contributed by atoms with van der Waals surface area (Å²) in [7, 11) is 1.55. The quantitative estimate of drug-likeness (QED) is 0.766. The fraction of sp³-hybridized carbons (Fsp3) is 0.667. The van der Waals surface area contributed by atoms with E-state index in [2.05, 4.69) is 4.98 Å². The molecule has 8 heteroatoms. The molecule has 1 aromatic heterocycles. The molecule has 2 unspecified atom stereocenters. The van der Waals surface area contributed by atoms with Crippen molar-refractivity contribution in [3.63, 3.8) is 0 Å². The summed E-state index contributed by atoms with van der Waals surface area (Å²) < 4.78 is 23.0. The second-order valence-corrected chi connectivity index (χ2v) is 4.81. The Labute approximate surface area is 116 Å². The molecule has 112 valence electrons. The lowest BCUT2D eigenvalue weighted by atomic mass is 10.4. The van der Waals surface area contributed by atoms with Crippen molar-refractivity contribution in [1.29, 1.82) is 0 Å². The zero-order chi connectivity index (χ0) is 14.8. The molecule has 1 fully saturated rings. The maximum absolute atomic E-state index is 11.7. The Bertz CT molecular complexity index is 516. The van der Waals surface area contributed by atoms with Gasteiger partial charge in [-0.2, -0.15) is 4.98 Å². The van der Waals surface area contributed by atoms with Gasteiger partial charge in [-0.15, -0.1) is 0 Å². The molecule has 0 spiro atoms. The average molecular weight is 285 g/mol. The number of methoxy groups -OCH3 is 1. The van der Waals surface area contributed by atoms with Crippen molar-refractivity contribution in [1.82, 2.24) is 9.55 Å². The van der Waals surface area contributed by atoms with Gasteiger partial charge in [0.25, 0.3) is 0 Å². The first kappa shape index (κ1) is 14.9. The Morgan fingerprint density at radius 3 is 3.00 bits per heavy atom. The van der Waals surface area contributed by atoms with E-state index in [9.17, 15) is 4.79 Å². The molecule has 0 aromatic carbocycles. The van der Waals surface area contributed by atoms with E-state index in [4.69, 9.17) is 24.7 Å². The molecular weight excluding hydrogens is 266 g/mol. The van der Waals surface area contributed by atoms with Crippen LogP contribution in [0.15, 0.2) is 17.1 Å². The molecule has 1 saturated heterocycles. The normalized spacial score (nSPS) is 23.1. The molecule has 2 heterocycles. The van der Waals surface area contributed by atoms with Crippen LogP contribution in [0.1, 0.15) is 20.1 Å². The van der Waals surface area contributed by atoms with Crippen molar-refractivity contribution in [2.24, 2.45) is 0 Å². The topological polar surface area (TPSA) is 97.8 Å². The van der Waals surface area contributed by atoms with Crippen LogP contribution in [0.2, 0.25) is 0 Å². The van der Waals surface area contributed by atoms with Crippen LogP contribution in [0.5, 0.6) is 0 Å². The summed E-state index contributed by atoms with van der Waals surface area (Å²) in [5.74, 6) is -0.545. The summed E-state index contributed by atoms with van der Waals surface area (Å²) in [6.07, 6.45) is 0.440. The molecule has 1 aliphatic heterocycles. The molecule has 20 heavy (non-hydrogen) atoms. The van der Waals surface area contributed by atoms with Crippen LogP contribution in [0.3, 0.4) is 0 Å². The number of ether oxygens (including phenoxy) is 4. The van der Waals surface area contributed by atoms with Gasteiger partial charge < -0.3 is 24.7 Å². The van der Waals surface area contributed by atoms with Crippen LogP contribution in [0, 0.1) is 0 Å². The third-order valence-electron chi connectivity index (χ3n) is 2.95. The fourth-order valence-electron chi connectivity index (χ4n) is 1.65. The third-order valence-corrected chi connectivity index (χ3v) is 2.95. The van der Waals surface area contributed by atoms with Crippen LogP contribution < -0.4 is 11.4 Å². The summed E-state index contributed by atoms with van der Waals surface area (Å²) in [6, 6.07) is 1.53. The van der Waals surface area contributed by atoms with E-state index in [1.165, 1.54) is 16.8 Å². The molecule has 8 nitrogen and oxygen atoms in total. The Morgan fingerprint density at radius 2 is 2.35 bits per heavy atom. The van der Waals surface area contributed by atoms with Gasteiger partial charge in [-0.05, 0) is 19.9 Å². The van der Waals surface area contributed by atoms with Gasteiger partial charge in [0.1, 0.15) is 12.4 Å². The molecule has 0 bridgehead atoms. The van der Waals surface area contributed by atoms with Crippen LogP contribution in [-0.2, 0) is 18.9 Å². The van der Waals surface area contributed by atoms with Gasteiger partial charge in [-0.1, -0.05) is 0 Å². The number of nitrogens with zero attached hydrogens (tertiary/aromatic N) is 2. The minimum Gasteiger partial charge on any atom is -0.383 e. The Hall–Kier alpha value is -1.48. The first-order valence-electron chi connectivity index (χ1n) is 6.22. The molecule has 2 atom stereocenters. The molecule has 1 aromatic rings. The molecule has 0 aliphatic carbocycles. The first-order chi connectivity index (χ1) is 9.41. The highest BCUT2D eigenvalue weighted by molar-refractivity contribution is 5.23. The maximum Gasteiger partial charge on any atom is 0.351 e. The van der Waals surface area contributed by atoms with Crippen molar-refractivity contribution in [2.45, 2.75) is 32.2 Å². The van der Waals surface area contributed by atoms with Gasteiger partial charge in [0.05, 0.1) is 6.61 Å². The summed E-state index contributed by atoms with van der Waals surface area (Å²) >= 11 is 0. The minimum atomic E-state index is -0.718. The number of aromatic nitrogens is 2. The molecule has 1 aliphatic rings. The van der Waals surface area contributed by atoms with Crippen molar-refractivity contribution < 1.29 is 18.9 Å². The largest absolute Gasteiger partial charge is 0.383 e. The number of hydrogen-bond donors (Lipinski definition) is 1. The minimum absolute atomic E-state index is 0.173. The first-order valence-corrected chi connectivity index (χ1v) is 6.22. The van der Waals surface area contributed by atoms with Crippen LogP contribution in [0.25, 0.3) is 0 Å². The van der Waals surface area contributed by atoms with Gasteiger partial charge in [0.2, 0.25) is 0 Å². The molecule has 2 N–H and O–H groups in total. The van der Waals surface area contributed by atoms with E-state index in [-0.39, 0.29) is 19.0 Å². The van der Waals surface area contributed by atoms with Gasteiger partial charge in [-0.3, -0.25) is 4.57 Å². The Balaban J connectivity index is 1.94. The predicted octanol–water partition coefficient (Wildman–Crippen LogP) is 0.0961. The van der Waals surface area contributed by atoms with Gasteiger partial charge in [0, 0.05) is 13.3 Å². The molecule has 0 saturated carbocycles. The smallest absolute Gasteiger partial charge is 0.351 e. The van der Waals surface area contributed by atoms with E-state index in [1.54, 1.807) is 21.0 Å². The van der Waals surface area contributed by atoms with Crippen molar-refractivity contribution >= 4 is 5.82 Å². The zero-order valence-corrected chi connectivity index (χ0v) is 11.7. The van der Waals surface area contributed by atoms with E-state index in [0.29, 0.717) is 0 Å². The number of nitrogen functional groups attached to an aromatic ring is 1. The van der Waals surface area contributed by atoms with Gasteiger partial charge >= 0.3 is 5.69 Å². The highest BCUT2D eigenvalue weighted by atomic mass is 16.8. The van der Waals surface area contributed by atoms with Gasteiger partial charge in [0.15, 0.2) is 18.3 Å². The number of rotatable bonds is 5. The maximum atomic E-state index is 11.7. The highest BCUT2D eigenvalue weighted by Crippen LogP contribution is 2.21. The van der Waals surface area contributed by atoms with E-state index in [0.717, 1.165) is 0 Å². The average Bonchev–Trinajstić information content (AvgIpc) is 2.85. The summed E-state index contributed by atoms with van der Waals surface area (Å²) in [5.41, 5.74) is 4.96. The van der Waals surface area contributed by atoms with Crippen LogP contribution in [0.4, 0.5) is 5.82 Å². The summed E-state index contributed by atoms with van der Waals surface area (Å²) in [5, 5.41) is 0. The lowest BCUT2D eigenvalue weighted by molar-refractivity contribution is -0.232. The zero-order valence-electron chi connectivity index (χ0n) is 11.7. The van der Waals surface area contributed by atoms with Gasteiger partial charge in [-0.25, -0.2) is 4.79 Å². The molecule has 2 rings (SSSR count). The van der Waals surface area contributed by atoms with Crippen LogP contribution >= 0.6 is 0 Å². The standard InChI is InChI=1S/C12H19N3O5/c1-12(2,17-3)19-7-10-18-6-9(20-10)15-5-4-8(13)14-11(15)16/h4-5,9-10H,6-7H2,1-3H3,(H2,13,14,16). The number of hydrogen-bond acceptors (Lipinski definition) is 7. The van der Waals surface area contributed by atoms with Crippen LogP contribution in [-0.4, -0.2) is 42.0 Å². The Morgan fingerprint density at radius 1 is 1.60 bits per heavy atom. The van der Waals surface area contributed by atoms with Crippen molar-refractivity contribution in [2.75, 3.05) is 26.1 Å². The van der Waals surface area contributed by atoms with E-state index >= 15 is 0 Å². The lowest BCUT2D eigenvalue weighted by Gasteiger charge is -2.24. The second-order valence-electron chi connectivity index (χ2n) is 4.81. The second kappa shape index (κ2) is 5.88. The van der Waals surface area contributed by atoms with Crippen molar-refractivity contribution in [3.05, 3.63) is 22.7 Å². The SMILES string of the molecule is COC(C)(C)OCC1OCC(n2ccc(N)nc2=O)O1. The highest BCUT2D eigenvalue weighted by Gasteiger charge is 2.30. The fourth-order valence-corrected chi connectivity index (χ4v) is 1.65. The van der Waals surface area contributed by atoms with Crippen molar-refractivity contribution in [3.8, 4) is 0 Å². The predicted molar refractivity (Wildman–Crippen MR) is 69.8 cm³/mol. The lowest BCUT2D eigenvalue weighted by Crippen LogP contribution is -2.32. The summed E-state index contributed by atoms with van der Waals surface area (Å²) in [4.78, 5) is 15.3. The monoisotopic (exact) mass is 285 g/mol.